The third-order valence-electron chi connectivity index (χ3n) is 4.18. The molecule has 0 heterocycles. The van der Waals surface area contributed by atoms with E-state index in [0.717, 1.165) is 19.3 Å². The maximum atomic E-state index is 9.47. The summed E-state index contributed by atoms with van der Waals surface area (Å²) < 4.78 is 0. The quantitative estimate of drug-likeness (QED) is 0.872. The van der Waals surface area contributed by atoms with Crippen LogP contribution in [0.5, 0.6) is 0 Å². The van der Waals surface area contributed by atoms with Crippen LogP contribution in [-0.4, -0.2) is 11.2 Å². The van der Waals surface area contributed by atoms with Gasteiger partial charge in [0.05, 0.1) is 6.10 Å². The maximum Gasteiger partial charge on any atom is 0.0545 e. The Hall–Kier alpha value is -1.60. The van der Waals surface area contributed by atoms with Crippen molar-refractivity contribution in [3.63, 3.8) is 0 Å². The zero-order valence-electron chi connectivity index (χ0n) is 11.1. The highest BCUT2D eigenvalue weighted by atomic mass is 16.3. The summed E-state index contributed by atoms with van der Waals surface area (Å²) in [4.78, 5) is 0. The molecule has 19 heavy (non-hydrogen) atoms. The first-order chi connectivity index (χ1) is 9.33. The van der Waals surface area contributed by atoms with Crippen LogP contribution in [0, 0.1) is 5.92 Å². The lowest BCUT2D eigenvalue weighted by molar-refractivity contribution is 0.0374. The van der Waals surface area contributed by atoms with Gasteiger partial charge < -0.3 is 5.11 Å². The van der Waals surface area contributed by atoms with Crippen molar-refractivity contribution >= 4 is 0 Å². The molecule has 1 fully saturated rings. The van der Waals surface area contributed by atoms with Crippen LogP contribution in [0.25, 0.3) is 0 Å². The molecule has 0 spiro atoms. The van der Waals surface area contributed by atoms with E-state index in [0.29, 0.717) is 11.8 Å². The van der Waals surface area contributed by atoms with Crippen LogP contribution in [0.1, 0.15) is 36.3 Å². The van der Waals surface area contributed by atoms with E-state index >= 15 is 0 Å². The summed E-state index contributed by atoms with van der Waals surface area (Å²) in [5.74, 6) is 1.13. The topological polar surface area (TPSA) is 20.2 Å². The Morgan fingerprint density at radius 2 is 1.32 bits per heavy atom. The van der Waals surface area contributed by atoms with Gasteiger partial charge in [-0.15, -0.1) is 0 Å². The van der Waals surface area contributed by atoms with Crippen molar-refractivity contribution in [1.82, 2.24) is 0 Å². The zero-order valence-corrected chi connectivity index (χ0v) is 11.1. The fraction of sp³-hybridized carbons (Fsp3) is 0.333. The van der Waals surface area contributed by atoms with Crippen LogP contribution in [-0.2, 0) is 0 Å². The molecule has 2 aromatic rings. The van der Waals surface area contributed by atoms with E-state index in [9.17, 15) is 5.11 Å². The predicted octanol–water partition coefficient (Wildman–Crippen LogP) is 3.98. The lowest BCUT2D eigenvalue weighted by Crippen LogP contribution is -2.29. The SMILES string of the molecule is OC1CC(CC(c2ccccc2)c2ccccc2)C1. The third kappa shape index (κ3) is 2.87. The second kappa shape index (κ2) is 5.58. The first-order valence-corrected chi connectivity index (χ1v) is 7.11. The Morgan fingerprint density at radius 1 is 0.842 bits per heavy atom. The van der Waals surface area contributed by atoms with Crippen LogP contribution in [0.15, 0.2) is 60.7 Å². The zero-order chi connectivity index (χ0) is 13.1. The van der Waals surface area contributed by atoms with Crippen molar-refractivity contribution in [2.75, 3.05) is 0 Å². The van der Waals surface area contributed by atoms with E-state index in [2.05, 4.69) is 60.7 Å². The van der Waals surface area contributed by atoms with Crippen molar-refractivity contribution in [2.24, 2.45) is 5.92 Å². The van der Waals surface area contributed by atoms with Gasteiger partial charge in [-0.2, -0.15) is 0 Å². The van der Waals surface area contributed by atoms with Crippen molar-refractivity contribution in [3.05, 3.63) is 71.8 Å². The van der Waals surface area contributed by atoms with Crippen LogP contribution in [0.3, 0.4) is 0 Å². The summed E-state index contributed by atoms with van der Waals surface area (Å²) in [5, 5.41) is 9.47. The van der Waals surface area contributed by atoms with E-state index in [1.54, 1.807) is 0 Å². The van der Waals surface area contributed by atoms with Crippen LogP contribution >= 0.6 is 0 Å². The summed E-state index contributed by atoms with van der Waals surface area (Å²) in [7, 11) is 0. The van der Waals surface area contributed by atoms with Gasteiger partial charge in [-0.3, -0.25) is 0 Å². The molecule has 1 N–H and O–H groups in total. The summed E-state index contributed by atoms with van der Waals surface area (Å²) in [5.41, 5.74) is 2.77. The van der Waals surface area contributed by atoms with Gasteiger partial charge in [0.2, 0.25) is 0 Å². The van der Waals surface area contributed by atoms with Gasteiger partial charge in [-0.25, -0.2) is 0 Å². The third-order valence-corrected chi connectivity index (χ3v) is 4.18. The standard InChI is InChI=1S/C18H20O/c19-17-11-14(12-17)13-18(15-7-3-1-4-8-15)16-9-5-2-6-10-16/h1-10,14,17-19H,11-13H2. The predicted molar refractivity (Wildman–Crippen MR) is 78.1 cm³/mol. The minimum absolute atomic E-state index is 0.0582. The molecule has 0 amide bonds. The van der Waals surface area contributed by atoms with E-state index < -0.39 is 0 Å². The van der Waals surface area contributed by atoms with E-state index in [-0.39, 0.29) is 6.10 Å². The Bertz CT molecular complexity index is 460. The number of hydrogen-bond acceptors (Lipinski definition) is 1. The molecule has 1 saturated carbocycles. The van der Waals surface area contributed by atoms with Crippen LogP contribution in [0.4, 0.5) is 0 Å². The fourth-order valence-corrected chi connectivity index (χ4v) is 3.06. The number of benzene rings is 2. The average molecular weight is 252 g/mol. The Kier molecular flexibility index (Phi) is 3.65. The molecule has 0 radical (unpaired) electrons. The number of aliphatic hydroxyl groups excluding tert-OH is 1. The van der Waals surface area contributed by atoms with E-state index in [4.69, 9.17) is 0 Å². The molecule has 0 bridgehead atoms. The molecule has 0 unspecified atom stereocenters. The fourth-order valence-electron chi connectivity index (χ4n) is 3.06. The van der Waals surface area contributed by atoms with Crippen molar-refractivity contribution in [2.45, 2.75) is 31.3 Å². The lowest BCUT2D eigenvalue weighted by atomic mass is 9.73. The van der Waals surface area contributed by atoms with Gasteiger partial charge in [0, 0.05) is 5.92 Å². The summed E-state index contributed by atoms with van der Waals surface area (Å²) in [6.07, 6.45) is 3.02. The van der Waals surface area contributed by atoms with Crippen molar-refractivity contribution in [3.8, 4) is 0 Å². The Labute approximate surface area is 114 Å². The molecule has 1 nitrogen and oxygen atoms in total. The second-order valence-corrected chi connectivity index (χ2v) is 5.60. The Balaban J connectivity index is 1.83. The lowest BCUT2D eigenvalue weighted by Gasteiger charge is -2.34. The van der Waals surface area contributed by atoms with Gasteiger partial charge in [0.15, 0.2) is 0 Å². The highest BCUT2D eigenvalue weighted by molar-refractivity contribution is 5.32. The summed E-state index contributed by atoms with van der Waals surface area (Å²) in [6, 6.07) is 21.4. The molecular weight excluding hydrogens is 232 g/mol. The molecule has 2 aromatic carbocycles. The highest BCUT2D eigenvalue weighted by Gasteiger charge is 2.30. The number of hydrogen-bond donors (Lipinski definition) is 1. The minimum Gasteiger partial charge on any atom is -0.393 e. The molecule has 1 aliphatic rings. The highest BCUT2D eigenvalue weighted by Crippen LogP contribution is 2.39. The molecule has 0 aromatic heterocycles. The molecule has 0 aliphatic heterocycles. The van der Waals surface area contributed by atoms with E-state index in [1.165, 1.54) is 11.1 Å². The number of aliphatic hydroxyl groups is 1. The largest absolute Gasteiger partial charge is 0.393 e. The average Bonchev–Trinajstić information content (AvgIpc) is 2.44. The molecule has 0 atom stereocenters. The molecule has 1 aliphatic carbocycles. The van der Waals surface area contributed by atoms with Crippen LogP contribution < -0.4 is 0 Å². The van der Waals surface area contributed by atoms with Gasteiger partial charge in [0.1, 0.15) is 0 Å². The maximum absolute atomic E-state index is 9.47. The van der Waals surface area contributed by atoms with Gasteiger partial charge >= 0.3 is 0 Å². The second-order valence-electron chi connectivity index (χ2n) is 5.60. The number of rotatable bonds is 4. The molecule has 98 valence electrons. The molecule has 1 heteroatoms. The molecular formula is C18H20O. The smallest absolute Gasteiger partial charge is 0.0545 e. The van der Waals surface area contributed by atoms with Crippen LogP contribution in [0.2, 0.25) is 0 Å². The van der Waals surface area contributed by atoms with Gasteiger partial charge in [0.25, 0.3) is 0 Å². The first-order valence-electron chi connectivity index (χ1n) is 7.11. The monoisotopic (exact) mass is 252 g/mol. The summed E-state index contributed by atoms with van der Waals surface area (Å²) >= 11 is 0. The van der Waals surface area contributed by atoms with Gasteiger partial charge in [-0.1, -0.05) is 60.7 Å². The normalized spacial score (nSPS) is 22.2. The van der Waals surface area contributed by atoms with Gasteiger partial charge in [-0.05, 0) is 36.3 Å². The molecule has 0 saturated heterocycles. The summed E-state index contributed by atoms with van der Waals surface area (Å²) in [6.45, 7) is 0. The van der Waals surface area contributed by atoms with Crippen molar-refractivity contribution in [1.29, 1.82) is 0 Å². The van der Waals surface area contributed by atoms with E-state index in [1.807, 2.05) is 0 Å². The first kappa shape index (κ1) is 12.4. The van der Waals surface area contributed by atoms with Crippen molar-refractivity contribution < 1.29 is 5.11 Å². The minimum atomic E-state index is -0.0582. The Morgan fingerprint density at radius 3 is 1.74 bits per heavy atom. The molecule has 3 rings (SSSR count).